The zero-order valence-electron chi connectivity index (χ0n) is 9.59. The number of nitrogens with one attached hydrogen (secondary N) is 1. The first kappa shape index (κ1) is 10.6. The minimum atomic E-state index is 0.253. The molecule has 2 aromatic rings. The lowest BCUT2D eigenvalue weighted by Crippen LogP contribution is -2.06. The number of rotatable bonds is 1. The number of aromatic amines is 1. The second-order valence-electron chi connectivity index (χ2n) is 4.72. The summed E-state index contributed by atoms with van der Waals surface area (Å²) in [5.41, 5.74) is 2.17. The molecule has 80 valence electrons. The fraction of sp³-hybridized carbons (Fsp3) is 0.417. The van der Waals surface area contributed by atoms with E-state index in [1.165, 1.54) is 4.90 Å². The van der Waals surface area contributed by atoms with E-state index in [0.29, 0.717) is 0 Å². The van der Waals surface area contributed by atoms with Crippen LogP contribution in [0.15, 0.2) is 23.1 Å². The highest BCUT2D eigenvalue weighted by Crippen LogP contribution is 2.32. The number of nitrogens with zero attached hydrogens (tertiary/aromatic N) is 1. The standard InChI is InChI=1S/C12H16N2S/c1-8-13-10-6-5-9(7-11(10)14-8)15-12(2,3)4/h5-7H,1-4H3,(H,13,14). The number of imidazole rings is 1. The van der Waals surface area contributed by atoms with E-state index in [9.17, 15) is 0 Å². The zero-order valence-corrected chi connectivity index (χ0v) is 10.4. The van der Waals surface area contributed by atoms with Gasteiger partial charge in [0, 0.05) is 9.64 Å². The number of hydrogen-bond donors (Lipinski definition) is 1. The van der Waals surface area contributed by atoms with Crippen LogP contribution >= 0.6 is 11.8 Å². The summed E-state index contributed by atoms with van der Waals surface area (Å²) < 4.78 is 0.253. The molecule has 0 atom stereocenters. The minimum Gasteiger partial charge on any atom is -0.342 e. The van der Waals surface area contributed by atoms with Gasteiger partial charge in [0.1, 0.15) is 5.82 Å². The fourth-order valence-corrected chi connectivity index (χ4v) is 2.55. The number of H-pyrrole nitrogens is 1. The number of aromatic nitrogens is 2. The van der Waals surface area contributed by atoms with Crippen LogP contribution in [0, 0.1) is 6.92 Å². The van der Waals surface area contributed by atoms with Crippen molar-refractivity contribution < 1.29 is 0 Å². The Balaban J connectivity index is 2.38. The number of aryl methyl sites for hydroxylation is 1. The van der Waals surface area contributed by atoms with Gasteiger partial charge in [-0.15, -0.1) is 11.8 Å². The SMILES string of the molecule is Cc1nc2ccc(SC(C)(C)C)cc2[nH]1. The summed E-state index contributed by atoms with van der Waals surface area (Å²) >= 11 is 1.88. The summed E-state index contributed by atoms with van der Waals surface area (Å²) in [7, 11) is 0. The Morgan fingerprint density at radius 1 is 1.27 bits per heavy atom. The summed E-state index contributed by atoms with van der Waals surface area (Å²) in [5, 5.41) is 0. The van der Waals surface area contributed by atoms with Gasteiger partial charge in [0.05, 0.1) is 11.0 Å². The second-order valence-corrected chi connectivity index (χ2v) is 6.62. The molecule has 3 heteroatoms. The zero-order chi connectivity index (χ0) is 11.1. The van der Waals surface area contributed by atoms with Crippen molar-refractivity contribution in [2.45, 2.75) is 37.3 Å². The Morgan fingerprint density at radius 2 is 2.00 bits per heavy atom. The van der Waals surface area contributed by atoms with Crippen LogP contribution in [0.3, 0.4) is 0 Å². The first-order valence-electron chi connectivity index (χ1n) is 5.09. The predicted octanol–water partition coefficient (Wildman–Crippen LogP) is 3.76. The molecule has 0 saturated heterocycles. The molecule has 0 amide bonds. The highest BCUT2D eigenvalue weighted by atomic mass is 32.2. The Morgan fingerprint density at radius 3 is 2.67 bits per heavy atom. The van der Waals surface area contributed by atoms with Crippen molar-refractivity contribution in [3.8, 4) is 0 Å². The highest BCUT2D eigenvalue weighted by molar-refractivity contribution is 8.00. The molecule has 0 spiro atoms. The molecule has 0 bridgehead atoms. The third-order valence-electron chi connectivity index (χ3n) is 2.00. The van der Waals surface area contributed by atoms with Gasteiger partial charge in [0.15, 0.2) is 0 Å². The molecular formula is C12H16N2S. The molecule has 0 saturated carbocycles. The van der Waals surface area contributed by atoms with Gasteiger partial charge >= 0.3 is 0 Å². The summed E-state index contributed by atoms with van der Waals surface area (Å²) in [4.78, 5) is 8.94. The minimum absolute atomic E-state index is 0.253. The van der Waals surface area contributed by atoms with Crippen molar-refractivity contribution >= 4 is 22.8 Å². The van der Waals surface area contributed by atoms with Gasteiger partial charge in [0.25, 0.3) is 0 Å². The van der Waals surface area contributed by atoms with Crippen molar-refractivity contribution in [3.63, 3.8) is 0 Å². The van der Waals surface area contributed by atoms with Crippen LogP contribution in [0.5, 0.6) is 0 Å². The lowest BCUT2D eigenvalue weighted by molar-refractivity contribution is 0.803. The van der Waals surface area contributed by atoms with Crippen molar-refractivity contribution in [2.24, 2.45) is 0 Å². The van der Waals surface area contributed by atoms with Gasteiger partial charge in [-0.3, -0.25) is 0 Å². The van der Waals surface area contributed by atoms with Gasteiger partial charge in [0.2, 0.25) is 0 Å². The van der Waals surface area contributed by atoms with Crippen LogP contribution in [-0.4, -0.2) is 14.7 Å². The van der Waals surface area contributed by atoms with Crippen molar-refractivity contribution in [1.29, 1.82) is 0 Å². The molecule has 1 aromatic heterocycles. The van der Waals surface area contributed by atoms with Gasteiger partial charge in [-0.1, -0.05) is 20.8 Å². The Labute approximate surface area is 94.5 Å². The molecular weight excluding hydrogens is 204 g/mol. The quantitative estimate of drug-likeness (QED) is 0.741. The second kappa shape index (κ2) is 3.56. The highest BCUT2D eigenvalue weighted by Gasteiger charge is 2.12. The van der Waals surface area contributed by atoms with Crippen LogP contribution in [-0.2, 0) is 0 Å². The molecule has 1 aromatic carbocycles. The van der Waals surface area contributed by atoms with Crippen LogP contribution < -0.4 is 0 Å². The molecule has 0 unspecified atom stereocenters. The summed E-state index contributed by atoms with van der Waals surface area (Å²) in [6.07, 6.45) is 0. The third kappa shape index (κ3) is 2.53. The predicted molar refractivity (Wildman–Crippen MR) is 66.4 cm³/mol. The lowest BCUT2D eigenvalue weighted by Gasteiger charge is -2.17. The molecule has 2 nitrogen and oxygen atoms in total. The monoisotopic (exact) mass is 220 g/mol. The maximum absolute atomic E-state index is 4.39. The molecule has 0 aliphatic rings. The van der Waals surface area contributed by atoms with E-state index >= 15 is 0 Å². The van der Waals surface area contributed by atoms with Crippen LogP contribution in [0.2, 0.25) is 0 Å². The number of fused-ring (bicyclic) bond motifs is 1. The molecule has 1 N–H and O–H groups in total. The lowest BCUT2D eigenvalue weighted by atomic mass is 10.3. The average molecular weight is 220 g/mol. The molecule has 0 aliphatic carbocycles. The van der Waals surface area contributed by atoms with E-state index in [1.54, 1.807) is 0 Å². The van der Waals surface area contributed by atoms with Gasteiger partial charge in [-0.2, -0.15) is 0 Å². The molecule has 2 rings (SSSR count). The smallest absolute Gasteiger partial charge is 0.104 e. The van der Waals surface area contributed by atoms with Crippen LogP contribution in [0.4, 0.5) is 0 Å². The normalized spacial score (nSPS) is 12.3. The topological polar surface area (TPSA) is 28.7 Å². The number of benzene rings is 1. The number of thioether (sulfide) groups is 1. The summed E-state index contributed by atoms with van der Waals surface area (Å²) in [6, 6.07) is 6.39. The van der Waals surface area contributed by atoms with E-state index in [2.05, 4.69) is 48.9 Å². The Hall–Kier alpha value is -0.960. The third-order valence-corrected chi connectivity index (χ3v) is 3.10. The summed E-state index contributed by atoms with van der Waals surface area (Å²) in [5.74, 6) is 0.975. The van der Waals surface area contributed by atoms with Gasteiger partial charge in [-0.25, -0.2) is 4.98 Å². The van der Waals surface area contributed by atoms with Crippen molar-refractivity contribution in [1.82, 2.24) is 9.97 Å². The molecule has 0 radical (unpaired) electrons. The van der Waals surface area contributed by atoms with E-state index in [-0.39, 0.29) is 4.75 Å². The molecule has 0 aliphatic heterocycles. The van der Waals surface area contributed by atoms with Gasteiger partial charge < -0.3 is 4.98 Å². The van der Waals surface area contributed by atoms with E-state index in [4.69, 9.17) is 0 Å². The van der Waals surface area contributed by atoms with Crippen LogP contribution in [0.25, 0.3) is 11.0 Å². The van der Waals surface area contributed by atoms with E-state index < -0.39 is 0 Å². The molecule has 1 heterocycles. The van der Waals surface area contributed by atoms with E-state index in [1.807, 2.05) is 18.7 Å². The Bertz CT molecular complexity index is 480. The van der Waals surface area contributed by atoms with Gasteiger partial charge in [-0.05, 0) is 25.1 Å². The average Bonchev–Trinajstić information content (AvgIpc) is 2.40. The first-order chi connectivity index (χ1) is 6.94. The first-order valence-corrected chi connectivity index (χ1v) is 5.91. The van der Waals surface area contributed by atoms with Crippen molar-refractivity contribution in [2.75, 3.05) is 0 Å². The molecule has 15 heavy (non-hydrogen) atoms. The largest absolute Gasteiger partial charge is 0.342 e. The molecule has 0 fully saturated rings. The summed E-state index contributed by atoms with van der Waals surface area (Å²) in [6.45, 7) is 8.65. The maximum Gasteiger partial charge on any atom is 0.104 e. The van der Waals surface area contributed by atoms with Crippen LogP contribution in [0.1, 0.15) is 26.6 Å². The van der Waals surface area contributed by atoms with Crippen molar-refractivity contribution in [3.05, 3.63) is 24.0 Å². The Kier molecular flexibility index (Phi) is 2.51. The maximum atomic E-state index is 4.39. The fourth-order valence-electron chi connectivity index (χ4n) is 1.53. The number of hydrogen-bond acceptors (Lipinski definition) is 2. The van der Waals surface area contributed by atoms with E-state index in [0.717, 1.165) is 16.9 Å².